The van der Waals surface area contributed by atoms with Crippen LogP contribution in [0, 0.1) is 5.92 Å². The summed E-state index contributed by atoms with van der Waals surface area (Å²) in [7, 11) is 0. The van der Waals surface area contributed by atoms with Crippen molar-refractivity contribution in [1.82, 2.24) is 0 Å². The molecule has 96 valence electrons. The number of hydrogen-bond acceptors (Lipinski definition) is 2. The number of ether oxygens (including phenoxy) is 1. The standard InChI is InChI=1S/C15H25NO/c1-5-13(6-2)16-14-8-7-9-15(10-14)17-11-12(3)4/h7-10,12-13,16H,5-6,11H2,1-4H3. The zero-order valence-corrected chi connectivity index (χ0v) is 11.5. The largest absolute Gasteiger partial charge is 0.493 e. The lowest BCUT2D eigenvalue weighted by molar-refractivity contribution is 0.271. The summed E-state index contributed by atoms with van der Waals surface area (Å²) in [5.74, 6) is 1.51. The number of nitrogens with one attached hydrogen (secondary N) is 1. The van der Waals surface area contributed by atoms with E-state index in [0.717, 1.165) is 30.9 Å². The molecule has 0 radical (unpaired) electrons. The number of anilines is 1. The van der Waals surface area contributed by atoms with Crippen molar-refractivity contribution in [3.05, 3.63) is 24.3 Å². The van der Waals surface area contributed by atoms with E-state index in [-0.39, 0.29) is 0 Å². The summed E-state index contributed by atoms with van der Waals surface area (Å²) in [6.07, 6.45) is 2.29. The fourth-order valence-electron chi connectivity index (χ4n) is 1.67. The highest BCUT2D eigenvalue weighted by Crippen LogP contribution is 2.19. The van der Waals surface area contributed by atoms with Crippen LogP contribution in [0.1, 0.15) is 40.5 Å². The van der Waals surface area contributed by atoms with Crippen LogP contribution in [0.3, 0.4) is 0 Å². The van der Waals surface area contributed by atoms with Crippen LogP contribution in [0.25, 0.3) is 0 Å². The molecule has 0 unspecified atom stereocenters. The molecule has 17 heavy (non-hydrogen) atoms. The van der Waals surface area contributed by atoms with Crippen LogP contribution in [-0.4, -0.2) is 12.6 Å². The predicted molar refractivity (Wildman–Crippen MR) is 74.8 cm³/mol. The van der Waals surface area contributed by atoms with E-state index < -0.39 is 0 Å². The molecule has 1 aromatic carbocycles. The molecule has 1 aromatic rings. The number of hydrogen-bond donors (Lipinski definition) is 1. The average Bonchev–Trinajstić information content (AvgIpc) is 2.34. The van der Waals surface area contributed by atoms with E-state index in [1.54, 1.807) is 0 Å². The van der Waals surface area contributed by atoms with Crippen molar-refractivity contribution in [3.8, 4) is 5.75 Å². The normalized spacial score (nSPS) is 10.9. The molecule has 0 spiro atoms. The summed E-state index contributed by atoms with van der Waals surface area (Å²) in [5, 5.41) is 3.53. The van der Waals surface area contributed by atoms with Crippen LogP contribution in [0.15, 0.2) is 24.3 Å². The van der Waals surface area contributed by atoms with Gasteiger partial charge < -0.3 is 10.1 Å². The van der Waals surface area contributed by atoms with Gasteiger partial charge in [0.05, 0.1) is 6.61 Å². The molecule has 0 heterocycles. The van der Waals surface area contributed by atoms with Crippen LogP contribution in [0.2, 0.25) is 0 Å². The highest BCUT2D eigenvalue weighted by atomic mass is 16.5. The van der Waals surface area contributed by atoms with Crippen molar-refractivity contribution in [1.29, 1.82) is 0 Å². The van der Waals surface area contributed by atoms with E-state index in [4.69, 9.17) is 4.74 Å². The molecule has 0 saturated heterocycles. The number of rotatable bonds is 7. The van der Waals surface area contributed by atoms with Gasteiger partial charge in [-0.2, -0.15) is 0 Å². The van der Waals surface area contributed by atoms with Crippen LogP contribution >= 0.6 is 0 Å². The van der Waals surface area contributed by atoms with Crippen LogP contribution in [0.5, 0.6) is 5.75 Å². The van der Waals surface area contributed by atoms with Gasteiger partial charge in [-0.05, 0) is 30.9 Å². The lowest BCUT2D eigenvalue weighted by Crippen LogP contribution is -2.16. The molecule has 0 fully saturated rings. The van der Waals surface area contributed by atoms with E-state index in [0.29, 0.717) is 12.0 Å². The van der Waals surface area contributed by atoms with Gasteiger partial charge >= 0.3 is 0 Å². The maximum atomic E-state index is 5.72. The van der Waals surface area contributed by atoms with Gasteiger partial charge in [-0.1, -0.05) is 33.8 Å². The second-order valence-corrected chi connectivity index (χ2v) is 4.89. The highest BCUT2D eigenvalue weighted by molar-refractivity contribution is 5.48. The Kier molecular flexibility index (Phi) is 5.88. The van der Waals surface area contributed by atoms with Gasteiger partial charge in [-0.15, -0.1) is 0 Å². The van der Waals surface area contributed by atoms with E-state index >= 15 is 0 Å². The Hall–Kier alpha value is -1.18. The minimum Gasteiger partial charge on any atom is -0.493 e. The van der Waals surface area contributed by atoms with E-state index in [1.165, 1.54) is 0 Å². The Labute approximate surface area is 105 Å². The molecular weight excluding hydrogens is 210 g/mol. The van der Waals surface area contributed by atoms with Crippen molar-refractivity contribution in [2.24, 2.45) is 5.92 Å². The lowest BCUT2D eigenvalue weighted by atomic mass is 10.1. The topological polar surface area (TPSA) is 21.3 Å². The maximum Gasteiger partial charge on any atom is 0.121 e. The molecule has 0 amide bonds. The predicted octanol–water partition coefficient (Wildman–Crippen LogP) is 4.32. The summed E-state index contributed by atoms with van der Waals surface area (Å²) in [4.78, 5) is 0. The molecule has 0 aromatic heterocycles. The quantitative estimate of drug-likeness (QED) is 0.760. The Morgan fingerprint density at radius 2 is 1.88 bits per heavy atom. The Bertz CT molecular complexity index is 318. The second kappa shape index (κ2) is 7.21. The fraction of sp³-hybridized carbons (Fsp3) is 0.600. The molecule has 0 aliphatic carbocycles. The molecule has 2 heteroatoms. The van der Waals surface area contributed by atoms with Gasteiger partial charge in [0.1, 0.15) is 5.75 Å². The average molecular weight is 235 g/mol. The first-order valence-corrected chi connectivity index (χ1v) is 6.65. The SMILES string of the molecule is CCC(CC)Nc1cccc(OCC(C)C)c1. The third kappa shape index (κ3) is 5.12. The molecule has 0 aliphatic heterocycles. The van der Waals surface area contributed by atoms with Gasteiger partial charge in [0.25, 0.3) is 0 Å². The third-order valence-electron chi connectivity index (χ3n) is 2.77. The van der Waals surface area contributed by atoms with Crippen LogP contribution in [0.4, 0.5) is 5.69 Å². The second-order valence-electron chi connectivity index (χ2n) is 4.89. The highest BCUT2D eigenvalue weighted by Gasteiger charge is 2.04. The molecule has 0 saturated carbocycles. The monoisotopic (exact) mass is 235 g/mol. The molecule has 0 aliphatic rings. The first-order valence-electron chi connectivity index (χ1n) is 6.65. The minimum atomic E-state index is 0.551. The maximum absolute atomic E-state index is 5.72. The summed E-state index contributed by atoms with van der Waals surface area (Å²) < 4.78 is 5.72. The molecular formula is C15H25NO. The van der Waals surface area contributed by atoms with Crippen molar-refractivity contribution < 1.29 is 4.74 Å². The van der Waals surface area contributed by atoms with Crippen molar-refractivity contribution in [3.63, 3.8) is 0 Å². The first-order chi connectivity index (χ1) is 8.15. The third-order valence-corrected chi connectivity index (χ3v) is 2.77. The summed E-state index contributed by atoms with van der Waals surface area (Å²) >= 11 is 0. The molecule has 1 rings (SSSR count). The van der Waals surface area contributed by atoms with Crippen molar-refractivity contribution >= 4 is 5.69 Å². The smallest absolute Gasteiger partial charge is 0.121 e. The summed E-state index contributed by atoms with van der Waals surface area (Å²) in [6.45, 7) is 9.51. The van der Waals surface area contributed by atoms with Gasteiger partial charge in [0.15, 0.2) is 0 Å². The first kappa shape index (κ1) is 13.9. The Morgan fingerprint density at radius 3 is 2.47 bits per heavy atom. The minimum absolute atomic E-state index is 0.551. The lowest BCUT2D eigenvalue weighted by Gasteiger charge is -2.17. The Balaban J connectivity index is 2.58. The zero-order valence-electron chi connectivity index (χ0n) is 11.5. The van der Waals surface area contributed by atoms with Crippen molar-refractivity contribution in [2.75, 3.05) is 11.9 Å². The van der Waals surface area contributed by atoms with Gasteiger partial charge in [-0.3, -0.25) is 0 Å². The van der Waals surface area contributed by atoms with E-state index in [9.17, 15) is 0 Å². The molecule has 1 N–H and O–H groups in total. The van der Waals surface area contributed by atoms with Crippen LogP contribution < -0.4 is 10.1 Å². The van der Waals surface area contributed by atoms with E-state index in [2.05, 4.69) is 45.1 Å². The van der Waals surface area contributed by atoms with Gasteiger partial charge in [0, 0.05) is 17.8 Å². The Morgan fingerprint density at radius 1 is 1.18 bits per heavy atom. The van der Waals surface area contributed by atoms with Crippen molar-refractivity contribution in [2.45, 2.75) is 46.6 Å². The molecule has 0 atom stereocenters. The fourth-order valence-corrected chi connectivity index (χ4v) is 1.67. The zero-order chi connectivity index (χ0) is 12.7. The van der Waals surface area contributed by atoms with Gasteiger partial charge in [-0.25, -0.2) is 0 Å². The molecule has 2 nitrogen and oxygen atoms in total. The summed E-state index contributed by atoms with van der Waals surface area (Å²) in [6, 6.07) is 8.79. The summed E-state index contributed by atoms with van der Waals surface area (Å²) in [5.41, 5.74) is 1.15. The number of benzene rings is 1. The van der Waals surface area contributed by atoms with Gasteiger partial charge in [0.2, 0.25) is 0 Å². The van der Waals surface area contributed by atoms with Crippen LogP contribution in [-0.2, 0) is 0 Å². The molecule has 0 bridgehead atoms. The van der Waals surface area contributed by atoms with E-state index in [1.807, 2.05) is 12.1 Å².